The van der Waals surface area contributed by atoms with Gasteiger partial charge in [-0.2, -0.15) is 12.6 Å². The summed E-state index contributed by atoms with van der Waals surface area (Å²) in [7, 11) is 0. The third kappa shape index (κ3) is 21.3. The van der Waals surface area contributed by atoms with Gasteiger partial charge in [0, 0.05) is 4.75 Å². The van der Waals surface area contributed by atoms with Crippen LogP contribution >= 0.6 is 29.6 Å². The van der Waals surface area contributed by atoms with Gasteiger partial charge in [0.1, 0.15) is 0 Å². The van der Waals surface area contributed by atoms with Crippen molar-refractivity contribution >= 4 is 29.6 Å². The maximum absolute atomic E-state index is 4.56. The van der Waals surface area contributed by atoms with Crippen molar-refractivity contribution in [1.29, 1.82) is 0 Å². The minimum atomic E-state index is 0. The highest BCUT2D eigenvalue weighted by Crippen LogP contribution is 2.21. The van der Waals surface area contributed by atoms with Gasteiger partial charge < -0.3 is 0 Å². The van der Waals surface area contributed by atoms with Gasteiger partial charge in [-0.25, -0.2) is 0 Å². The molecule has 19 heavy (non-hydrogen) atoms. The zero-order valence-corrected chi connectivity index (χ0v) is 16.2. The second-order valence-electron chi connectivity index (χ2n) is 6.45. The first-order chi connectivity index (χ1) is 8.56. The van der Waals surface area contributed by atoms with Crippen LogP contribution in [0.3, 0.4) is 0 Å². The SMILES string of the molecule is Br.CCCCCCCCCCCCCCC(C)(C)S. The van der Waals surface area contributed by atoms with Crippen molar-refractivity contribution in [2.45, 2.75) is 109 Å². The zero-order valence-electron chi connectivity index (χ0n) is 13.5. The predicted octanol–water partition coefficient (Wildman–Crippen LogP) is 7.36. The number of rotatable bonds is 13. The van der Waals surface area contributed by atoms with E-state index in [0.717, 1.165) is 0 Å². The molecule has 0 rings (SSSR count). The van der Waals surface area contributed by atoms with Crippen LogP contribution in [0, 0.1) is 0 Å². The first kappa shape index (κ1) is 22.1. The minimum absolute atomic E-state index is 0. The number of thiol groups is 1. The third-order valence-corrected chi connectivity index (χ3v) is 3.87. The van der Waals surface area contributed by atoms with Crippen LogP contribution in [-0.4, -0.2) is 4.75 Å². The smallest absolute Gasteiger partial charge is 0.00731 e. The van der Waals surface area contributed by atoms with Gasteiger partial charge in [0.2, 0.25) is 0 Å². The van der Waals surface area contributed by atoms with Crippen LogP contribution in [0.4, 0.5) is 0 Å². The molecular formula is C17H37BrS. The van der Waals surface area contributed by atoms with Gasteiger partial charge in [-0.05, 0) is 6.42 Å². The summed E-state index contributed by atoms with van der Waals surface area (Å²) in [5, 5.41) is 0. The molecule has 0 nitrogen and oxygen atoms in total. The molecule has 0 bridgehead atoms. The average molecular weight is 353 g/mol. The fourth-order valence-corrected chi connectivity index (χ4v) is 2.56. The second kappa shape index (κ2) is 15.2. The van der Waals surface area contributed by atoms with E-state index in [1.807, 2.05) is 0 Å². The highest BCUT2D eigenvalue weighted by molar-refractivity contribution is 8.93. The van der Waals surface area contributed by atoms with E-state index in [1.165, 1.54) is 83.5 Å². The van der Waals surface area contributed by atoms with Gasteiger partial charge in [0.25, 0.3) is 0 Å². The molecule has 0 saturated carbocycles. The molecule has 0 aliphatic rings. The molecule has 0 amide bonds. The van der Waals surface area contributed by atoms with E-state index in [4.69, 9.17) is 0 Å². The van der Waals surface area contributed by atoms with Crippen molar-refractivity contribution in [1.82, 2.24) is 0 Å². The fourth-order valence-electron chi connectivity index (χ4n) is 2.40. The van der Waals surface area contributed by atoms with Crippen LogP contribution in [0.2, 0.25) is 0 Å². The summed E-state index contributed by atoms with van der Waals surface area (Å²) in [6.07, 6.45) is 18.5. The van der Waals surface area contributed by atoms with Crippen molar-refractivity contribution < 1.29 is 0 Å². The Balaban J connectivity index is 0. The standard InChI is InChI=1S/C17H36S.BrH/c1-4-5-6-7-8-9-10-11-12-13-14-15-16-17(2,3)18;/h18H,4-16H2,1-3H3;1H. The quantitative estimate of drug-likeness (QED) is 0.259. The normalized spacial score (nSPS) is 11.4. The van der Waals surface area contributed by atoms with E-state index in [0.29, 0.717) is 0 Å². The van der Waals surface area contributed by atoms with Crippen LogP contribution in [0.15, 0.2) is 0 Å². The molecule has 0 heterocycles. The van der Waals surface area contributed by atoms with Crippen molar-refractivity contribution in [3.8, 4) is 0 Å². The van der Waals surface area contributed by atoms with Crippen molar-refractivity contribution in [3.05, 3.63) is 0 Å². The summed E-state index contributed by atoms with van der Waals surface area (Å²) in [4.78, 5) is 0. The highest BCUT2D eigenvalue weighted by Gasteiger charge is 2.09. The molecule has 0 aromatic heterocycles. The lowest BCUT2D eigenvalue weighted by Crippen LogP contribution is -2.09. The number of halogens is 1. The first-order valence-corrected chi connectivity index (χ1v) is 8.73. The fraction of sp³-hybridized carbons (Fsp3) is 1.00. The Hall–Kier alpha value is 0.830. The lowest BCUT2D eigenvalue weighted by molar-refractivity contribution is 0.522. The van der Waals surface area contributed by atoms with Crippen LogP contribution < -0.4 is 0 Å². The molecule has 0 atom stereocenters. The summed E-state index contributed by atoms with van der Waals surface area (Å²) >= 11 is 4.56. The van der Waals surface area contributed by atoms with Crippen molar-refractivity contribution in [2.24, 2.45) is 0 Å². The Morgan fingerprint density at radius 2 is 0.947 bits per heavy atom. The Bertz CT molecular complexity index is 163. The highest BCUT2D eigenvalue weighted by atomic mass is 79.9. The largest absolute Gasteiger partial charge is 0.173 e. The van der Waals surface area contributed by atoms with E-state index in [1.54, 1.807) is 0 Å². The Labute approximate surface area is 138 Å². The van der Waals surface area contributed by atoms with Crippen LogP contribution in [-0.2, 0) is 0 Å². The number of hydrogen-bond acceptors (Lipinski definition) is 1. The van der Waals surface area contributed by atoms with Gasteiger partial charge >= 0.3 is 0 Å². The van der Waals surface area contributed by atoms with Gasteiger partial charge in [0.05, 0.1) is 0 Å². The Morgan fingerprint density at radius 3 is 1.26 bits per heavy atom. The first-order valence-electron chi connectivity index (χ1n) is 8.28. The lowest BCUT2D eigenvalue weighted by atomic mass is 10.0. The molecule has 0 aromatic rings. The van der Waals surface area contributed by atoms with Gasteiger partial charge in [-0.15, -0.1) is 17.0 Å². The van der Waals surface area contributed by atoms with E-state index in [9.17, 15) is 0 Å². The summed E-state index contributed by atoms with van der Waals surface area (Å²) in [6, 6.07) is 0. The Morgan fingerprint density at radius 1 is 0.632 bits per heavy atom. The average Bonchev–Trinajstić information content (AvgIpc) is 2.29. The summed E-state index contributed by atoms with van der Waals surface area (Å²) in [5.74, 6) is 0. The van der Waals surface area contributed by atoms with E-state index < -0.39 is 0 Å². The van der Waals surface area contributed by atoms with Crippen LogP contribution in [0.25, 0.3) is 0 Å². The number of unbranched alkanes of at least 4 members (excludes halogenated alkanes) is 11. The molecule has 0 aromatic carbocycles. The minimum Gasteiger partial charge on any atom is -0.173 e. The molecule has 2 heteroatoms. The summed E-state index contributed by atoms with van der Waals surface area (Å²) in [5.41, 5.74) is 0. The van der Waals surface area contributed by atoms with Gasteiger partial charge in [-0.3, -0.25) is 0 Å². The van der Waals surface area contributed by atoms with Gasteiger partial charge in [0.15, 0.2) is 0 Å². The molecule has 0 saturated heterocycles. The van der Waals surface area contributed by atoms with Crippen LogP contribution in [0.1, 0.15) is 104 Å². The monoisotopic (exact) mass is 352 g/mol. The molecule has 0 aliphatic heterocycles. The molecule has 0 fully saturated rings. The van der Waals surface area contributed by atoms with Crippen LogP contribution in [0.5, 0.6) is 0 Å². The predicted molar refractivity (Wildman–Crippen MR) is 99.1 cm³/mol. The van der Waals surface area contributed by atoms with Crippen molar-refractivity contribution in [2.75, 3.05) is 0 Å². The molecule has 0 spiro atoms. The molecule has 118 valence electrons. The maximum Gasteiger partial charge on any atom is 0.00731 e. The van der Waals surface area contributed by atoms with Gasteiger partial charge in [-0.1, -0.05) is 97.8 Å². The molecule has 0 unspecified atom stereocenters. The molecule has 0 N–H and O–H groups in total. The maximum atomic E-state index is 4.56. The van der Waals surface area contributed by atoms with E-state index >= 15 is 0 Å². The zero-order chi connectivity index (χ0) is 13.7. The number of hydrogen-bond donors (Lipinski definition) is 1. The van der Waals surface area contributed by atoms with E-state index in [2.05, 4.69) is 33.4 Å². The Kier molecular flexibility index (Phi) is 17.7. The third-order valence-electron chi connectivity index (χ3n) is 3.64. The lowest BCUT2D eigenvalue weighted by Gasteiger charge is -2.16. The second-order valence-corrected chi connectivity index (χ2v) is 7.66. The topological polar surface area (TPSA) is 0 Å². The summed E-state index contributed by atoms with van der Waals surface area (Å²) in [6.45, 7) is 6.72. The van der Waals surface area contributed by atoms with E-state index in [-0.39, 0.29) is 21.7 Å². The van der Waals surface area contributed by atoms with Crippen molar-refractivity contribution in [3.63, 3.8) is 0 Å². The summed E-state index contributed by atoms with van der Waals surface area (Å²) < 4.78 is 0.235. The molecule has 0 radical (unpaired) electrons. The molecular weight excluding hydrogens is 316 g/mol. The molecule has 0 aliphatic carbocycles.